The van der Waals surface area contributed by atoms with Gasteiger partial charge >= 0.3 is 12.2 Å². The Labute approximate surface area is 254 Å². The van der Waals surface area contributed by atoms with Gasteiger partial charge in [-0.15, -0.1) is 0 Å². The highest BCUT2D eigenvalue weighted by Crippen LogP contribution is 2.48. The third-order valence-electron chi connectivity index (χ3n) is 10.3. The fourth-order valence-electron chi connectivity index (χ4n) is 8.14. The number of nitrogens with two attached hydrogens (primary N) is 1. The smallest absolute Gasteiger partial charge is 0.417 e. The fourth-order valence-corrected chi connectivity index (χ4v) is 8.14. The minimum atomic E-state index is -5.06. The summed E-state index contributed by atoms with van der Waals surface area (Å²) in [5.41, 5.74) is 0.650. The first-order valence-corrected chi connectivity index (χ1v) is 15.1. The molecule has 1 unspecified atom stereocenters. The summed E-state index contributed by atoms with van der Waals surface area (Å²) >= 11 is 0. The Bertz CT molecular complexity index is 1740. The highest BCUT2D eigenvalue weighted by atomic mass is 19.4. The van der Waals surface area contributed by atoms with Gasteiger partial charge in [-0.1, -0.05) is 0 Å². The zero-order valence-corrected chi connectivity index (χ0v) is 24.5. The van der Waals surface area contributed by atoms with E-state index in [1.54, 1.807) is 0 Å². The van der Waals surface area contributed by atoms with E-state index in [1.807, 2.05) is 16.7 Å². The molecule has 9 nitrogen and oxygen atoms in total. The van der Waals surface area contributed by atoms with Gasteiger partial charge in [0, 0.05) is 43.7 Å². The number of piperazine rings is 1. The monoisotopic (exact) mass is 635 g/mol. The van der Waals surface area contributed by atoms with Crippen LogP contribution in [-0.2, 0) is 6.18 Å². The van der Waals surface area contributed by atoms with Gasteiger partial charge in [-0.2, -0.15) is 23.1 Å². The summed E-state index contributed by atoms with van der Waals surface area (Å²) in [7, 11) is 0. The Hall–Kier alpha value is -3.59. The molecule has 7 heterocycles. The summed E-state index contributed by atoms with van der Waals surface area (Å²) in [5.74, 6) is -2.27. The number of nitrogen functional groups attached to an aromatic ring is 1. The maximum absolute atomic E-state index is 16.7. The molecule has 4 fully saturated rings. The molecule has 240 valence electrons. The van der Waals surface area contributed by atoms with Crippen LogP contribution in [0.2, 0.25) is 0 Å². The number of pyridine rings is 1. The number of nitrogens with zero attached hydrogens (tertiary/aromatic N) is 5. The zero-order chi connectivity index (χ0) is 31.6. The molecule has 2 bridgehead atoms. The summed E-state index contributed by atoms with van der Waals surface area (Å²) < 4.78 is 101. The number of hydrogen-bond acceptors (Lipinski definition) is 9. The van der Waals surface area contributed by atoms with Crippen LogP contribution < -0.4 is 25.4 Å². The molecular weight excluding hydrogens is 604 g/mol. The van der Waals surface area contributed by atoms with E-state index in [1.165, 1.54) is 0 Å². The molecule has 0 saturated carbocycles. The van der Waals surface area contributed by atoms with Gasteiger partial charge < -0.3 is 25.4 Å². The van der Waals surface area contributed by atoms with Crippen molar-refractivity contribution in [3.05, 3.63) is 28.8 Å². The average Bonchev–Trinajstić information content (AvgIpc) is 3.41. The van der Waals surface area contributed by atoms with Gasteiger partial charge in [-0.25, -0.2) is 18.2 Å². The van der Waals surface area contributed by atoms with Crippen molar-refractivity contribution < 1.29 is 35.8 Å². The lowest BCUT2D eigenvalue weighted by Gasteiger charge is -2.47. The number of aromatic nitrogens is 3. The molecule has 15 heteroatoms. The first-order valence-electron chi connectivity index (χ1n) is 15.1. The molecule has 45 heavy (non-hydrogen) atoms. The highest BCUT2D eigenvalue weighted by Gasteiger charge is 2.53. The van der Waals surface area contributed by atoms with Crippen molar-refractivity contribution in [1.82, 2.24) is 25.2 Å². The van der Waals surface area contributed by atoms with E-state index in [0.29, 0.717) is 25.3 Å². The second-order valence-corrected chi connectivity index (χ2v) is 13.0. The summed E-state index contributed by atoms with van der Waals surface area (Å²) in [5, 5.41) is 3.69. The summed E-state index contributed by atoms with van der Waals surface area (Å²) in [6.45, 7) is 4.40. The number of hydrogen-bond donors (Lipinski definition) is 2. The molecule has 6 atom stereocenters. The molecular formula is C30H31F6N7O2. The van der Waals surface area contributed by atoms with E-state index >= 15 is 4.39 Å². The van der Waals surface area contributed by atoms with Crippen molar-refractivity contribution in [2.24, 2.45) is 0 Å². The van der Waals surface area contributed by atoms with Crippen molar-refractivity contribution >= 4 is 22.4 Å². The predicted octanol–water partition coefficient (Wildman–Crippen LogP) is 4.53. The third-order valence-corrected chi connectivity index (χ3v) is 10.3. The van der Waals surface area contributed by atoms with Gasteiger partial charge in [0.05, 0.1) is 22.8 Å². The first kappa shape index (κ1) is 28.9. The van der Waals surface area contributed by atoms with Crippen LogP contribution in [0.15, 0.2) is 6.07 Å². The number of fused-ring (bicyclic) bond motifs is 6. The van der Waals surface area contributed by atoms with E-state index < -0.39 is 63.7 Å². The molecule has 1 aromatic carbocycles. The van der Waals surface area contributed by atoms with Gasteiger partial charge in [-0.3, -0.25) is 4.90 Å². The molecule has 3 aromatic rings. The van der Waals surface area contributed by atoms with Crippen LogP contribution in [0, 0.1) is 18.6 Å². The number of anilines is 2. The summed E-state index contributed by atoms with van der Waals surface area (Å²) in [6, 6.07) is 0.457. The second-order valence-electron chi connectivity index (χ2n) is 13.0. The van der Waals surface area contributed by atoms with Crippen LogP contribution in [0.1, 0.15) is 43.7 Å². The Kier molecular flexibility index (Phi) is 6.22. The lowest BCUT2D eigenvalue weighted by atomic mass is 9.86. The normalized spacial score (nSPS) is 30.5. The Morgan fingerprint density at radius 1 is 1.16 bits per heavy atom. The average molecular weight is 636 g/mol. The van der Waals surface area contributed by atoms with Crippen molar-refractivity contribution in [1.29, 1.82) is 0 Å². The predicted molar refractivity (Wildman–Crippen MR) is 152 cm³/mol. The van der Waals surface area contributed by atoms with E-state index in [9.17, 15) is 22.0 Å². The number of halogens is 6. The lowest BCUT2D eigenvalue weighted by molar-refractivity contribution is -0.137. The first-order chi connectivity index (χ1) is 21.3. The molecule has 4 saturated heterocycles. The van der Waals surface area contributed by atoms with Gasteiger partial charge in [0.25, 0.3) is 0 Å². The summed E-state index contributed by atoms with van der Waals surface area (Å²) in [6.07, 6.45) is -3.77. The van der Waals surface area contributed by atoms with Crippen LogP contribution in [0.25, 0.3) is 22.2 Å². The number of nitrogens with one attached hydrogen (secondary N) is 1. The maximum atomic E-state index is 16.7. The van der Waals surface area contributed by atoms with Crippen LogP contribution in [0.5, 0.6) is 11.9 Å². The van der Waals surface area contributed by atoms with E-state index in [-0.39, 0.29) is 47.5 Å². The molecule has 0 amide bonds. The minimum absolute atomic E-state index is 0.0190. The van der Waals surface area contributed by atoms with Crippen LogP contribution in [-0.4, -0.2) is 82.0 Å². The Morgan fingerprint density at radius 2 is 1.96 bits per heavy atom. The van der Waals surface area contributed by atoms with E-state index in [2.05, 4.69) is 15.3 Å². The van der Waals surface area contributed by atoms with E-state index in [0.717, 1.165) is 38.8 Å². The molecule has 0 radical (unpaired) electrons. The number of benzene rings is 1. The summed E-state index contributed by atoms with van der Waals surface area (Å²) in [4.78, 5) is 17.4. The zero-order valence-electron chi connectivity index (χ0n) is 24.5. The molecule has 0 spiro atoms. The number of alkyl halides is 4. The fraction of sp³-hybridized carbons (Fsp3) is 0.567. The highest BCUT2D eigenvalue weighted by molar-refractivity contribution is 5.97. The topological polar surface area (TPSA) is 102 Å². The molecule has 5 aliphatic heterocycles. The molecule has 0 aliphatic carbocycles. The van der Waals surface area contributed by atoms with Crippen LogP contribution in [0.4, 0.5) is 37.8 Å². The van der Waals surface area contributed by atoms with Gasteiger partial charge in [-0.05, 0) is 44.7 Å². The quantitative estimate of drug-likeness (QED) is 0.316. The third kappa shape index (κ3) is 4.25. The molecule has 2 aromatic heterocycles. The van der Waals surface area contributed by atoms with Crippen molar-refractivity contribution in [3.8, 4) is 23.1 Å². The molecule has 8 rings (SSSR count). The Morgan fingerprint density at radius 3 is 2.67 bits per heavy atom. The van der Waals surface area contributed by atoms with Crippen LogP contribution >= 0.6 is 0 Å². The van der Waals surface area contributed by atoms with E-state index in [4.69, 9.17) is 20.2 Å². The Balaban J connectivity index is 1.33. The van der Waals surface area contributed by atoms with Crippen molar-refractivity contribution in [2.45, 2.75) is 81.6 Å². The number of rotatable bonds is 4. The largest absolute Gasteiger partial charge is 0.472 e. The molecule has 3 N–H and O–H groups in total. The minimum Gasteiger partial charge on any atom is -0.472 e. The molecule has 5 aliphatic rings. The SMILES string of the molecule is Cc1c(F)c(N)cc(-c2nc3c4c(nc(OCC56CCN5C[C@H](F)C6)nc4c2F)N2C[C@H]4CC[C@H](N4)[C@H]2[C@H](C)O3)c1C(F)(F)F. The van der Waals surface area contributed by atoms with Crippen molar-refractivity contribution in [2.75, 3.05) is 36.9 Å². The van der Waals surface area contributed by atoms with Crippen LogP contribution in [0.3, 0.4) is 0 Å². The van der Waals surface area contributed by atoms with Gasteiger partial charge in [0.15, 0.2) is 5.82 Å². The standard InChI is InChI=1S/C30H31F6N7O2/c1-12-20(30(34,35)36)16(7-17(37)21(12)32)23-22(33)24-19-26(41-28(40-24)44-11-29-5-6-42(29)9-14(31)8-29)43-10-15-3-4-18(38-15)25(43)13(2)45-27(19)39-23/h7,13-15,18,25,38H,3-6,8-11,37H2,1-2H3/t13-,14+,15+,18-,25+,29?/m0/s1. The van der Waals surface area contributed by atoms with Crippen molar-refractivity contribution in [3.63, 3.8) is 0 Å². The lowest BCUT2D eigenvalue weighted by Crippen LogP contribution is -2.62. The van der Waals surface area contributed by atoms with Gasteiger partial charge in [0.1, 0.15) is 47.1 Å². The maximum Gasteiger partial charge on any atom is 0.417 e. The second kappa shape index (κ2) is 9.71. The van der Waals surface area contributed by atoms with Gasteiger partial charge in [0.2, 0.25) is 5.88 Å². The number of ether oxygens (including phenoxy) is 2.